The first-order valence-electron chi connectivity index (χ1n) is 10.2. The highest BCUT2D eigenvalue weighted by Gasteiger charge is 2.52. The molecule has 0 bridgehead atoms. The fraction of sp³-hybridized carbons (Fsp3) is 0.478. The Morgan fingerprint density at radius 2 is 1.97 bits per heavy atom. The smallest absolute Gasteiger partial charge is 0.416 e. The first-order valence-corrected chi connectivity index (χ1v) is 10.2. The van der Waals surface area contributed by atoms with Gasteiger partial charge in [0.2, 0.25) is 0 Å². The van der Waals surface area contributed by atoms with Crippen molar-refractivity contribution in [2.75, 3.05) is 24.6 Å². The minimum absolute atomic E-state index is 0.360. The fourth-order valence-electron chi connectivity index (χ4n) is 4.11. The summed E-state index contributed by atoms with van der Waals surface area (Å²) < 4.78 is 11.9. The van der Waals surface area contributed by atoms with Crippen molar-refractivity contribution in [3.05, 3.63) is 53.7 Å². The standard InChI is InChI=1S/C23H29N3O3/c1-17-10-11-19-20(24-17)26(21(27)29-22(2,3)4)23(16-28-19)12-13-25(15-23)14-18-8-6-5-7-9-18/h5-11H,12-16H2,1-4H3. The highest BCUT2D eigenvalue weighted by molar-refractivity contribution is 5.91. The predicted molar refractivity (Wildman–Crippen MR) is 112 cm³/mol. The molecule has 0 radical (unpaired) electrons. The minimum atomic E-state index is -0.580. The Labute approximate surface area is 172 Å². The van der Waals surface area contributed by atoms with Crippen molar-refractivity contribution in [1.29, 1.82) is 0 Å². The number of ether oxygens (including phenoxy) is 2. The number of pyridine rings is 1. The summed E-state index contributed by atoms with van der Waals surface area (Å²) in [5.41, 5.74) is 1.05. The van der Waals surface area contributed by atoms with Crippen LogP contribution in [0.2, 0.25) is 0 Å². The van der Waals surface area contributed by atoms with Gasteiger partial charge < -0.3 is 9.47 Å². The number of carbonyl (C=O) groups is 1. The number of carbonyl (C=O) groups excluding carboxylic acids is 1. The second kappa shape index (κ2) is 7.34. The molecule has 0 aliphatic carbocycles. The molecule has 6 nitrogen and oxygen atoms in total. The monoisotopic (exact) mass is 395 g/mol. The molecule has 1 unspecified atom stereocenters. The van der Waals surface area contributed by atoms with Crippen molar-refractivity contribution in [3.8, 4) is 5.75 Å². The lowest BCUT2D eigenvalue weighted by molar-refractivity contribution is 0.0486. The Morgan fingerprint density at radius 3 is 2.69 bits per heavy atom. The van der Waals surface area contributed by atoms with Gasteiger partial charge in [-0.2, -0.15) is 0 Å². The van der Waals surface area contributed by atoms with Gasteiger partial charge in [0.15, 0.2) is 11.6 Å². The van der Waals surface area contributed by atoms with E-state index in [-0.39, 0.29) is 6.09 Å². The second-order valence-electron chi connectivity index (χ2n) is 9.05. The summed E-state index contributed by atoms with van der Waals surface area (Å²) >= 11 is 0. The van der Waals surface area contributed by atoms with Crippen LogP contribution in [0.3, 0.4) is 0 Å². The van der Waals surface area contributed by atoms with Crippen LogP contribution in [0.5, 0.6) is 5.75 Å². The molecule has 1 aromatic heterocycles. The zero-order chi connectivity index (χ0) is 20.6. The summed E-state index contributed by atoms with van der Waals surface area (Å²) in [4.78, 5) is 22.1. The number of amides is 1. The van der Waals surface area contributed by atoms with Crippen molar-refractivity contribution in [3.63, 3.8) is 0 Å². The number of benzene rings is 1. The molecule has 1 atom stereocenters. The number of rotatable bonds is 2. The largest absolute Gasteiger partial charge is 0.487 e. The van der Waals surface area contributed by atoms with Gasteiger partial charge in [0.25, 0.3) is 0 Å². The van der Waals surface area contributed by atoms with Gasteiger partial charge in [-0.05, 0) is 51.8 Å². The summed E-state index contributed by atoms with van der Waals surface area (Å²) in [6.45, 7) is 10.5. The molecule has 1 spiro atoms. The molecule has 154 valence electrons. The SMILES string of the molecule is Cc1ccc2c(n1)N(C(=O)OC(C)(C)C)C1(CCN(Cc3ccccc3)C1)CO2. The molecule has 2 aromatic rings. The molecule has 2 aliphatic rings. The molecule has 4 rings (SSSR count). The molecule has 29 heavy (non-hydrogen) atoms. The third-order valence-corrected chi connectivity index (χ3v) is 5.40. The highest BCUT2D eigenvalue weighted by Crippen LogP contribution is 2.42. The van der Waals surface area contributed by atoms with Crippen LogP contribution < -0.4 is 9.64 Å². The van der Waals surface area contributed by atoms with Crippen LogP contribution in [0.4, 0.5) is 10.6 Å². The van der Waals surface area contributed by atoms with Crippen molar-refractivity contribution >= 4 is 11.9 Å². The molecular weight excluding hydrogens is 366 g/mol. The maximum Gasteiger partial charge on any atom is 0.416 e. The number of anilines is 1. The maximum absolute atomic E-state index is 13.3. The van der Waals surface area contributed by atoms with Crippen LogP contribution in [0.15, 0.2) is 42.5 Å². The number of hydrogen-bond acceptors (Lipinski definition) is 5. The summed E-state index contributed by atoms with van der Waals surface area (Å²) in [6, 6.07) is 14.2. The van der Waals surface area contributed by atoms with E-state index in [0.717, 1.165) is 31.7 Å². The van der Waals surface area contributed by atoms with Crippen LogP contribution in [0.1, 0.15) is 38.4 Å². The third kappa shape index (κ3) is 4.08. The zero-order valence-electron chi connectivity index (χ0n) is 17.6. The van der Waals surface area contributed by atoms with Crippen molar-refractivity contribution in [2.45, 2.75) is 51.8 Å². The van der Waals surface area contributed by atoms with Gasteiger partial charge in [-0.25, -0.2) is 14.7 Å². The van der Waals surface area contributed by atoms with E-state index >= 15 is 0 Å². The van der Waals surface area contributed by atoms with E-state index in [0.29, 0.717) is 18.2 Å². The van der Waals surface area contributed by atoms with Gasteiger partial charge in [-0.1, -0.05) is 30.3 Å². The molecule has 2 aliphatic heterocycles. The molecule has 0 N–H and O–H groups in total. The Hall–Kier alpha value is -2.60. The zero-order valence-corrected chi connectivity index (χ0v) is 17.6. The minimum Gasteiger partial charge on any atom is -0.487 e. The van der Waals surface area contributed by atoms with Crippen molar-refractivity contribution in [2.24, 2.45) is 0 Å². The third-order valence-electron chi connectivity index (χ3n) is 5.40. The van der Waals surface area contributed by atoms with Crippen LogP contribution in [0.25, 0.3) is 0 Å². The van der Waals surface area contributed by atoms with E-state index in [9.17, 15) is 4.79 Å². The van der Waals surface area contributed by atoms with Crippen LogP contribution >= 0.6 is 0 Å². The Bertz CT molecular complexity index is 894. The first-order chi connectivity index (χ1) is 13.8. The number of fused-ring (bicyclic) bond motifs is 1. The van der Waals surface area contributed by atoms with Crippen LogP contribution in [0, 0.1) is 6.92 Å². The lowest BCUT2D eigenvalue weighted by Gasteiger charge is -2.44. The van der Waals surface area contributed by atoms with Gasteiger partial charge in [0, 0.05) is 25.3 Å². The molecule has 0 saturated carbocycles. The lowest BCUT2D eigenvalue weighted by Crippen LogP contribution is -2.60. The van der Waals surface area contributed by atoms with Gasteiger partial charge in [-0.3, -0.25) is 4.90 Å². The number of aromatic nitrogens is 1. The quantitative estimate of drug-likeness (QED) is 0.764. The summed E-state index contributed by atoms with van der Waals surface area (Å²) in [5.74, 6) is 1.20. The molecule has 6 heteroatoms. The Morgan fingerprint density at radius 1 is 1.21 bits per heavy atom. The molecule has 3 heterocycles. The van der Waals surface area contributed by atoms with E-state index in [2.05, 4.69) is 34.1 Å². The van der Waals surface area contributed by atoms with Crippen molar-refractivity contribution in [1.82, 2.24) is 9.88 Å². The van der Waals surface area contributed by atoms with Crippen LogP contribution in [-0.2, 0) is 11.3 Å². The first kappa shape index (κ1) is 19.7. The summed E-state index contributed by atoms with van der Waals surface area (Å²) in [5, 5.41) is 0. The number of likely N-dealkylation sites (tertiary alicyclic amines) is 1. The van der Waals surface area contributed by atoms with Crippen LogP contribution in [-0.4, -0.2) is 46.8 Å². The van der Waals surface area contributed by atoms with Gasteiger partial charge >= 0.3 is 6.09 Å². The van der Waals surface area contributed by atoms with E-state index in [1.807, 2.05) is 45.9 Å². The van der Waals surface area contributed by atoms with E-state index < -0.39 is 11.1 Å². The molecule has 1 saturated heterocycles. The number of aryl methyl sites for hydroxylation is 1. The van der Waals surface area contributed by atoms with E-state index in [1.54, 1.807) is 4.90 Å². The predicted octanol–water partition coefficient (Wildman–Crippen LogP) is 4.17. The number of hydrogen-bond donors (Lipinski definition) is 0. The fourth-order valence-corrected chi connectivity index (χ4v) is 4.11. The van der Waals surface area contributed by atoms with Gasteiger partial charge in [0.1, 0.15) is 17.7 Å². The summed E-state index contributed by atoms with van der Waals surface area (Å²) in [6.07, 6.45) is 0.454. The van der Waals surface area contributed by atoms with Crippen molar-refractivity contribution < 1.29 is 14.3 Å². The maximum atomic E-state index is 13.3. The average molecular weight is 396 g/mol. The molecule has 1 amide bonds. The normalized spacial score (nSPS) is 21.7. The highest BCUT2D eigenvalue weighted by atomic mass is 16.6. The lowest BCUT2D eigenvalue weighted by atomic mass is 9.95. The van der Waals surface area contributed by atoms with E-state index in [4.69, 9.17) is 9.47 Å². The number of nitrogens with zero attached hydrogens (tertiary/aromatic N) is 3. The van der Waals surface area contributed by atoms with Gasteiger partial charge in [-0.15, -0.1) is 0 Å². The second-order valence-corrected chi connectivity index (χ2v) is 9.05. The average Bonchev–Trinajstić information content (AvgIpc) is 3.03. The van der Waals surface area contributed by atoms with E-state index in [1.165, 1.54) is 5.56 Å². The Kier molecular flexibility index (Phi) is 4.99. The Balaban J connectivity index is 1.65. The summed E-state index contributed by atoms with van der Waals surface area (Å²) in [7, 11) is 0. The van der Waals surface area contributed by atoms with Gasteiger partial charge in [0.05, 0.1) is 0 Å². The molecule has 1 aromatic carbocycles. The molecule has 1 fully saturated rings. The topological polar surface area (TPSA) is 54.9 Å². The molecular formula is C23H29N3O3.